The van der Waals surface area contributed by atoms with Crippen molar-refractivity contribution in [1.29, 1.82) is 5.26 Å². The van der Waals surface area contributed by atoms with E-state index in [4.69, 9.17) is 5.26 Å². The molecule has 3 nitrogen and oxygen atoms in total. The fourth-order valence-electron chi connectivity index (χ4n) is 2.66. The third-order valence-electron chi connectivity index (χ3n) is 3.93. The Kier molecular flexibility index (Phi) is 4.49. The average molecular weight is 322 g/mol. The summed E-state index contributed by atoms with van der Waals surface area (Å²) in [7, 11) is 2.11. The quantitative estimate of drug-likeness (QED) is 0.838. The molecule has 19 heavy (non-hydrogen) atoms. The average Bonchev–Trinajstić information content (AvgIpc) is 2.36. The molecular weight excluding hydrogens is 302 g/mol. The van der Waals surface area contributed by atoms with Gasteiger partial charge in [0, 0.05) is 35.3 Å². The summed E-state index contributed by atoms with van der Waals surface area (Å²) in [5, 5.41) is 8.94. The zero-order valence-electron chi connectivity index (χ0n) is 11.7. The highest BCUT2D eigenvalue weighted by molar-refractivity contribution is 9.10. The highest BCUT2D eigenvalue weighted by Gasteiger charge is 2.29. The number of rotatable bonds is 2. The van der Waals surface area contributed by atoms with E-state index in [0.29, 0.717) is 18.5 Å². The van der Waals surface area contributed by atoms with Crippen LogP contribution in [-0.2, 0) is 0 Å². The number of nitrogens with zero attached hydrogens (tertiary/aromatic N) is 3. The van der Waals surface area contributed by atoms with Gasteiger partial charge in [0.05, 0.1) is 12.5 Å². The van der Waals surface area contributed by atoms with Crippen molar-refractivity contribution >= 4 is 21.6 Å². The zero-order chi connectivity index (χ0) is 14.0. The number of nitriles is 1. The van der Waals surface area contributed by atoms with Gasteiger partial charge in [0.1, 0.15) is 0 Å². The summed E-state index contributed by atoms with van der Waals surface area (Å²) in [6, 6.07) is 9.58. The maximum atomic E-state index is 8.94. The van der Waals surface area contributed by atoms with Gasteiger partial charge in [0.15, 0.2) is 0 Å². The molecule has 1 aromatic carbocycles. The molecule has 1 aliphatic rings. The Hall–Kier alpha value is -1.05. The minimum Gasteiger partial charge on any atom is -0.366 e. The number of aryl methyl sites for hydroxylation is 1. The van der Waals surface area contributed by atoms with Gasteiger partial charge < -0.3 is 4.90 Å². The molecule has 2 unspecified atom stereocenters. The van der Waals surface area contributed by atoms with Crippen LogP contribution in [0.15, 0.2) is 22.7 Å². The molecule has 0 amide bonds. The molecule has 0 aliphatic carbocycles. The van der Waals surface area contributed by atoms with Crippen LogP contribution in [0, 0.1) is 18.3 Å². The summed E-state index contributed by atoms with van der Waals surface area (Å²) >= 11 is 3.60. The molecule has 1 fully saturated rings. The Morgan fingerprint density at radius 1 is 1.42 bits per heavy atom. The number of hydrogen-bond donors (Lipinski definition) is 0. The number of hydrogen-bond acceptors (Lipinski definition) is 3. The molecule has 102 valence electrons. The molecule has 4 heteroatoms. The molecule has 0 aromatic heterocycles. The first-order valence-corrected chi connectivity index (χ1v) is 7.42. The minimum absolute atomic E-state index is 0.321. The van der Waals surface area contributed by atoms with E-state index in [0.717, 1.165) is 17.6 Å². The fraction of sp³-hybridized carbons (Fsp3) is 0.533. The van der Waals surface area contributed by atoms with Gasteiger partial charge in [-0.15, -0.1) is 0 Å². The van der Waals surface area contributed by atoms with Crippen molar-refractivity contribution in [2.45, 2.75) is 32.4 Å². The van der Waals surface area contributed by atoms with Crippen LogP contribution < -0.4 is 4.90 Å². The smallest absolute Gasteiger partial charge is 0.0638 e. The van der Waals surface area contributed by atoms with Gasteiger partial charge in [-0.1, -0.05) is 22.0 Å². The summed E-state index contributed by atoms with van der Waals surface area (Å²) in [4.78, 5) is 4.71. The Balaban J connectivity index is 2.22. The molecule has 0 spiro atoms. The molecule has 1 aromatic rings. The molecule has 2 rings (SSSR count). The van der Waals surface area contributed by atoms with Gasteiger partial charge in [-0.05, 0) is 38.6 Å². The maximum Gasteiger partial charge on any atom is 0.0638 e. The lowest BCUT2D eigenvalue weighted by Crippen LogP contribution is -2.56. The number of likely N-dealkylation sites (N-methyl/N-ethyl adjacent to an activating group) is 1. The minimum atomic E-state index is 0.321. The van der Waals surface area contributed by atoms with Crippen LogP contribution in [0.1, 0.15) is 18.9 Å². The van der Waals surface area contributed by atoms with E-state index in [2.05, 4.69) is 70.9 Å². The van der Waals surface area contributed by atoms with Gasteiger partial charge >= 0.3 is 0 Å². The topological polar surface area (TPSA) is 30.3 Å². The molecule has 1 heterocycles. The molecule has 0 bridgehead atoms. The monoisotopic (exact) mass is 321 g/mol. The summed E-state index contributed by atoms with van der Waals surface area (Å²) in [5.74, 6) is 0. The summed E-state index contributed by atoms with van der Waals surface area (Å²) in [5.41, 5.74) is 2.49. The first-order valence-electron chi connectivity index (χ1n) is 6.63. The summed E-state index contributed by atoms with van der Waals surface area (Å²) in [6.45, 7) is 6.26. The standard InChI is InChI=1S/C15H20BrN3/c1-11-4-5-13(8-15(11)16)19-10-14(6-7-17)18(3)9-12(19)2/h4-5,8,12,14H,6,9-10H2,1-3H3. The largest absolute Gasteiger partial charge is 0.366 e. The Morgan fingerprint density at radius 3 is 2.79 bits per heavy atom. The lowest BCUT2D eigenvalue weighted by Gasteiger charge is -2.44. The Labute approximate surface area is 123 Å². The lowest BCUT2D eigenvalue weighted by atomic mass is 10.0. The van der Waals surface area contributed by atoms with E-state index in [1.54, 1.807) is 0 Å². The first-order chi connectivity index (χ1) is 9.02. The normalized spacial score (nSPS) is 24.3. The molecule has 1 aliphatic heterocycles. The highest BCUT2D eigenvalue weighted by Crippen LogP contribution is 2.28. The van der Waals surface area contributed by atoms with Crippen LogP contribution in [0.5, 0.6) is 0 Å². The van der Waals surface area contributed by atoms with Crippen molar-refractivity contribution in [3.63, 3.8) is 0 Å². The highest BCUT2D eigenvalue weighted by atomic mass is 79.9. The number of halogens is 1. The van der Waals surface area contributed by atoms with E-state index in [1.165, 1.54) is 11.3 Å². The molecule has 0 N–H and O–H groups in total. The first kappa shape index (κ1) is 14.4. The predicted molar refractivity (Wildman–Crippen MR) is 82.3 cm³/mol. The number of benzene rings is 1. The van der Waals surface area contributed by atoms with Crippen LogP contribution >= 0.6 is 15.9 Å². The van der Waals surface area contributed by atoms with E-state index >= 15 is 0 Å². The van der Waals surface area contributed by atoms with Crippen LogP contribution in [0.2, 0.25) is 0 Å². The zero-order valence-corrected chi connectivity index (χ0v) is 13.3. The second-order valence-electron chi connectivity index (χ2n) is 5.39. The molecule has 2 atom stereocenters. The number of anilines is 1. The Morgan fingerprint density at radius 2 is 2.16 bits per heavy atom. The van der Waals surface area contributed by atoms with E-state index < -0.39 is 0 Å². The van der Waals surface area contributed by atoms with Crippen molar-refractivity contribution in [2.75, 3.05) is 25.0 Å². The maximum absolute atomic E-state index is 8.94. The molecule has 0 saturated carbocycles. The Bertz CT molecular complexity index is 495. The van der Waals surface area contributed by atoms with Crippen LogP contribution in [0.3, 0.4) is 0 Å². The van der Waals surface area contributed by atoms with Crippen molar-refractivity contribution in [2.24, 2.45) is 0 Å². The van der Waals surface area contributed by atoms with Crippen molar-refractivity contribution in [1.82, 2.24) is 4.90 Å². The fourth-order valence-corrected chi connectivity index (χ4v) is 3.02. The van der Waals surface area contributed by atoms with Crippen LogP contribution in [0.25, 0.3) is 0 Å². The molecule has 0 radical (unpaired) electrons. The van der Waals surface area contributed by atoms with Gasteiger partial charge in [0.25, 0.3) is 0 Å². The number of piperazine rings is 1. The third-order valence-corrected chi connectivity index (χ3v) is 4.78. The SMILES string of the molecule is Cc1ccc(N2CC(CC#N)N(C)CC2C)cc1Br. The van der Waals surface area contributed by atoms with E-state index in [-0.39, 0.29) is 0 Å². The second-order valence-corrected chi connectivity index (χ2v) is 6.24. The van der Waals surface area contributed by atoms with Crippen molar-refractivity contribution in [3.05, 3.63) is 28.2 Å². The molecular formula is C15H20BrN3. The summed E-state index contributed by atoms with van der Waals surface area (Å²) < 4.78 is 1.15. The van der Waals surface area contributed by atoms with Crippen LogP contribution in [-0.4, -0.2) is 37.1 Å². The van der Waals surface area contributed by atoms with Crippen molar-refractivity contribution < 1.29 is 0 Å². The second kappa shape index (κ2) is 5.94. The van der Waals surface area contributed by atoms with Crippen LogP contribution in [0.4, 0.5) is 5.69 Å². The van der Waals surface area contributed by atoms with E-state index in [1.807, 2.05) is 0 Å². The van der Waals surface area contributed by atoms with Gasteiger partial charge in [0.2, 0.25) is 0 Å². The lowest BCUT2D eigenvalue weighted by molar-refractivity contribution is 0.194. The van der Waals surface area contributed by atoms with E-state index in [9.17, 15) is 0 Å². The molecule has 1 saturated heterocycles. The van der Waals surface area contributed by atoms with Gasteiger partial charge in [-0.2, -0.15) is 5.26 Å². The summed E-state index contributed by atoms with van der Waals surface area (Å²) in [6.07, 6.45) is 0.590. The third kappa shape index (κ3) is 3.10. The predicted octanol–water partition coefficient (Wildman–Crippen LogP) is 3.18. The van der Waals surface area contributed by atoms with Crippen molar-refractivity contribution in [3.8, 4) is 6.07 Å². The van der Waals surface area contributed by atoms with Gasteiger partial charge in [-0.3, -0.25) is 4.90 Å². The van der Waals surface area contributed by atoms with Gasteiger partial charge in [-0.25, -0.2) is 0 Å².